The lowest BCUT2D eigenvalue weighted by molar-refractivity contribution is 0.0695. The summed E-state index contributed by atoms with van der Waals surface area (Å²) in [6.07, 6.45) is 20.0. The highest BCUT2D eigenvalue weighted by Gasteiger charge is 2.14. The fourth-order valence-electron chi connectivity index (χ4n) is 3.45. The third-order valence-corrected chi connectivity index (χ3v) is 5.10. The number of carboxylic acid groups (broad SMARTS) is 1. The minimum absolute atomic E-state index is 0.322. The van der Waals surface area contributed by atoms with E-state index in [1.54, 1.807) is 12.1 Å². The predicted molar refractivity (Wildman–Crippen MR) is 112 cm³/mol. The van der Waals surface area contributed by atoms with Crippen molar-refractivity contribution in [3.05, 3.63) is 47.5 Å². The van der Waals surface area contributed by atoms with E-state index in [-0.39, 0.29) is 0 Å². The van der Waals surface area contributed by atoms with E-state index < -0.39 is 5.97 Å². The van der Waals surface area contributed by atoms with E-state index in [1.165, 1.54) is 70.6 Å². The third kappa shape index (κ3) is 9.79. The van der Waals surface area contributed by atoms with Crippen molar-refractivity contribution in [1.82, 2.24) is 0 Å². The van der Waals surface area contributed by atoms with Gasteiger partial charge in [-0.3, -0.25) is 0 Å². The van der Waals surface area contributed by atoms with Crippen molar-refractivity contribution >= 4 is 5.97 Å². The zero-order chi connectivity index (χ0) is 19.0. The predicted octanol–water partition coefficient (Wildman–Crippen LogP) is 7.75. The van der Waals surface area contributed by atoms with Crippen LogP contribution in [0, 0.1) is 0 Å². The van der Waals surface area contributed by atoms with E-state index in [4.69, 9.17) is 0 Å². The first-order chi connectivity index (χ1) is 12.7. The summed E-state index contributed by atoms with van der Waals surface area (Å²) in [5.74, 6) is -0.489. The quantitative estimate of drug-likeness (QED) is 0.257. The zero-order valence-electron chi connectivity index (χ0n) is 16.9. The van der Waals surface area contributed by atoms with Gasteiger partial charge in [-0.25, -0.2) is 4.79 Å². The summed E-state index contributed by atoms with van der Waals surface area (Å²) in [5.41, 5.74) is 1.44. The molecule has 0 radical (unpaired) electrons. The van der Waals surface area contributed by atoms with Crippen molar-refractivity contribution in [2.75, 3.05) is 0 Å². The van der Waals surface area contributed by atoms with Crippen molar-refractivity contribution in [3.63, 3.8) is 0 Å². The molecule has 2 heteroatoms. The SMILES string of the molecule is CCCC=CCCCCCCCCCCC(C)c1ccccc1C(=O)O. The van der Waals surface area contributed by atoms with Gasteiger partial charge in [0.2, 0.25) is 0 Å². The number of hydrogen-bond donors (Lipinski definition) is 1. The highest BCUT2D eigenvalue weighted by Crippen LogP contribution is 2.25. The maximum Gasteiger partial charge on any atom is 0.335 e. The fraction of sp³-hybridized carbons (Fsp3) is 0.625. The van der Waals surface area contributed by atoms with Gasteiger partial charge in [-0.15, -0.1) is 0 Å². The first-order valence-electron chi connectivity index (χ1n) is 10.6. The molecular weight excluding hydrogens is 320 g/mol. The van der Waals surface area contributed by atoms with Crippen LogP contribution in [-0.4, -0.2) is 11.1 Å². The van der Waals surface area contributed by atoms with Crippen LogP contribution in [0.5, 0.6) is 0 Å². The van der Waals surface area contributed by atoms with Crippen LogP contribution < -0.4 is 0 Å². The first kappa shape index (κ1) is 22.5. The molecule has 1 aromatic rings. The molecule has 0 saturated carbocycles. The molecule has 0 amide bonds. The van der Waals surface area contributed by atoms with Gasteiger partial charge in [0.25, 0.3) is 0 Å². The Morgan fingerprint density at radius 1 is 0.923 bits per heavy atom. The number of rotatable bonds is 15. The normalized spacial score (nSPS) is 12.5. The Bertz CT molecular complexity index is 519. The maximum absolute atomic E-state index is 11.3. The van der Waals surface area contributed by atoms with Gasteiger partial charge in [0.05, 0.1) is 5.56 Å². The lowest BCUT2D eigenvalue weighted by Crippen LogP contribution is -2.05. The highest BCUT2D eigenvalue weighted by molar-refractivity contribution is 5.89. The van der Waals surface area contributed by atoms with E-state index in [1.807, 2.05) is 12.1 Å². The molecule has 0 aromatic heterocycles. The van der Waals surface area contributed by atoms with E-state index in [9.17, 15) is 9.90 Å². The molecule has 1 rings (SSSR count). The van der Waals surface area contributed by atoms with Gasteiger partial charge in [-0.2, -0.15) is 0 Å². The van der Waals surface area contributed by atoms with Gasteiger partial charge in [-0.05, 0) is 43.2 Å². The molecule has 0 fully saturated rings. The van der Waals surface area contributed by atoms with Gasteiger partial charge < -0.3 is 5.11 Å². The summed E-state index contributed by atoms with van der Waals surface area (Å²) in [5, 5.41) is 9.29. The van der Waals surface area contributed by atoms with Crippen LogP contribution in [-0.2, 0) is 0 Å². The minimum Gasteiger partial charge on any atom is -0.478 e. The Labute approximate surface area is 160 Å². The maximum atomic E-state index is 11.3. The summed E-state index contributed by atoms with van der Waals surface area (Å²) >= 11 is 0. The largest absolute Gasteiger partial charge is 0.478 e. The molecule has 0 saturated heterocycles. The average Bonchev–Trinajstić information content (AvgIpc) is 2.65. The second-order valence-corrected chi connectivity index (χ2v) is 7.46. The molecule has 0 aliphatic rings. The molecule has 146 valence electrons. The van der Waals surface area contributed by atoms with Crippen LogP contribution in [0.4, 0.5) is 0 Å². The first-order valence-corrected chi connectivity index (χ1v) is 10.6. The molecule has 0 bridgehead atoms. The van der Waals surface area contributed by atoms with Crippen LogP contribution in [0.1, 0.15) is 113 Å². The Morgan fingerprint density at radius 3 is 2.15 bits per heavy atom. The van der Waals surface area contributed by atoms with Crippen molar-refractivity contribution in [1.29, 1.82) is 0 Å². The van der Waals surface area contributed by atoms with Crippen molar-refractivity contribution < 1.29 is 9.90 Å². The molecule has 26 heavy (non-hydrogen) atoms. The Kier molecular flexibility index (Phi) is 12.6. The molecule has 2 nitrogen and oxygen atoms in total. The van der Waals surface area contributed by atoms with Crippen LogP contribution in [0.2, 0.25) is 0 Å². The number of unbranched alkanes of at least 4 members (excludes halogenated alkanes) is 9. The summed E-state index contributed by atoms with van der Waals surface area (Å²) in [4.78, 5) is 11.3. The molecule has 1 atom stereocenters. The molecular formula is C24H38O2. The number of aromatic carboxylic acids is 1. The lowest BCUT2D eigenvalue weighted by atomic mass is 9.91. The molecule has 0 aliphatic carbocycles. The molecule has 0 aliphatic heterocycles. The molecule has 1 unspecified atom stereocenters. The van der Waals surface area contributed by atoms with E-state index >= 15 is 0 Å². The van der Waals surface area contributed by atoms with Gasteiger partial charge >= 0.3 is 5.97 Å². The van der Waals surface area contributed by atoms with E-state index in [0.717, 1.165) is 12.0 Å². The molecule has 1 N–H and O–H groups in total. The monoisotopic (exact) mass is 358 g/mol. The van der Waals surface area contributed by atoms with E-state index in [2.05, 4.69) is 26.0 Å². The van der Waals surface area contributed by atoms with Crippen LogP contribution in [0.3, 0.4) is 0 Å². The minimum atomic E-state index is -0.812. The number of carbonyl (C=O) groups is 1. The molecule has 0 spiro atoms. The highest BCUT2D eigenvalue weighted by atomic mass is 16.4. The second-order valence-electron chi connectivity index (χ2n) is 7.46. The van der Waals surface area contributed by atoms with Gasteiger partial charge in [-0.1, -0.05) is 95.6 Å². The van der Waals surface area contributed by atoms with Crippen LogP contribution >= 0.6 is 0 Å². The van der Waals surface area contributed by atoms with Gasteiger partial charge in [0.15, 0.2) is 0 Å². The summed E-state index contributed by atoms with van der Waals surface area (Å²) in [6, 6.07) is 7.43. The van der Waals surface area contributed by atoms with Crippen molar-refractivity contribution in [2.45, 2.75) is 96.8 Å². The third-order valence-electron chi connectivity index (χ3n) is 5.10. The zero-order valence-corrected chi connectivity index (χ0v) is 16.9. The Balaban J connectivity index is 2.03. The summed E-state index contributed by atoms with van der Waals surface area (Å²) in [7, 11) is 0. The lowest BCUT2D eigenvalue weighted by Gasteiger charge is -2.14. The van der Waals surface area contributed by atoms with E-state index in [0.29, 0.717) is 11.5 Å². The Hall–Kier alpha value is -1.57. The van der Waals surface area contributed by atoms with Crippen LogP contribution in [0.15, 0.2) is 36.4 Å². The number of hydrogen-bond acceptors (Lipinski definition) is 1. The van der Waals surface area contributed by atoms with Crippen molar-refractivity contribution in [2.24, 2.45) is 0 Å². The smallest absolute Gasteiger partial charge is 0.335 e. The van der Waals surface area contributed by atoms with Crippen LogP contribution in [0.25, 0.3) is 0 Å². The van der Waals surface area contributed by atoms with Crippen molar-refractivity contribution in [3.8, 4) is 0 Å². The molecule has 1 aromatic carbocycles. The summed E-state index contributed by atoms with van der Waals surface area (Å²) < 4.78 is 0. The standard InChI is InChI=1S/C24H38O2/c1-3-4-5-6-7-8-9-10-11-12-13-14-15-18-21(2)22-19-16-17-20-23(22)24(25)26/h5-6,16-17,19-21H,3-4,7-15,18H2,1-2H3,(H,25,26). The van der Waals surface area contributed by atoms with Gasteiger partial charge in [0, 0.05) is 0 Å². The number of allylic oxidation sites excluding steroid dienone is 2. The fourth-order valence-corrected chi connectivity index (χ4v) is 3.45. The van der Waals surface area contributed by atoms with Gasteiger partial charge in [0.1, 0.15) is 0 Å². The summed E-state index contributed by atoms with van der Waals surface area (Å²) in [6.45, 7) is 4.37. The second kappa shape index (κ2) is 14.6. The topological polar surface area (TPSA) is 37.3 Å². The molecule has 0 heterocycles. The Morgan fingerprint density at radius 2 is 1.50 bits per heavy atom. The number of benzene rings is 1. The average molecular weight is 359 g/mol. The number of carboxylic acids is 1.